The molecule has 0 amide bonds. The number of methoxy groups -OCH3 is 1. The molecule has 0 radical (unpaired) electrons. The minimum atomic E-state index is 0. The Morgan fingerprint density at radius 2 is 2.15 bits per heavy atom. The number of nitrogens with one attached hydrogen (secondary N) is 1. The van der Waals surface area contributed by atoms with E-state index in [1.54, 1.807) is 7.11 Å². The molecule has 4 heteroatoms. The average Bonchev–Trinajstić information content (AvgIpc) is 2.42. The molecule has 1 aliphatic rings. The summed E-state index contributed by atoms with van der Waals surface area (Å²) in [6.45, 7) is 2.26. The number of rotatable bonds is 6. The standard InChI is InChI=1S/C16H26N2O.ClH/c1-18(2)11-5-10-17-14-9-8-13-6-4-7-16(19-3)15(13)12-14;/h4,6-7,14,17H,5,8-12H2,1-3H3;1H. The van der Waals surface area contributed by atoms with Crippen molar-refractivity contribution in [2.24, 2.45) is 0 Å². The lowest BCUT2D eigenvalue weighted by Gasteiger charge is -2.27. The monoisotopic (exact) mass is 298 g/mol. The van der Waals surface area contributed by atoms with Gasteiger partial charge in [-0.2, -0.15) is 0 Å². The molecule has 0 spiro atoms. The molecule has 0 saturated carbocycles. The predicted molar refractivity (Wildman–Crippen MR) is 87.2 cm³/mol. The summed E-state index contributed by atoms with van der Waals surface area (Å²) in [5.41, 5.74) is 2.87. The van der Waals surface area contributed by atoms with Crippen molar-refractivity contribution in [3.8, 4) is 5.75 Å². The molecule has 0 aliphatic heterocycles. The van der Waals surface area contributed by atoms with E-state index in [0.29, 0.717) is 6.04 Å². The highest BCUT2D eigenvalue weighted by Crippen LogP contribution is 2.29. The largest absolute Gasteiger partial charge is 0.496 e. The summed E-state index contributed by atoms with van der Waals surface area (Å²) in [5.74, 6) is 1.05. The minimum absolute atomic E-state index is 0. The molecule has 1 N–H and O–H groups in total. The first kappa shape index (κ1) is 17.3. The van der Waals surface area contributed by atoms with Crippen molar-refractivity contribution >= 4 is 12.4 Å². The fraction of sp³-hybridized carbons (Fsp3) is 0.625. The van der Waals surface area contributed by atoms with Gasteiger partial charge in [0.2, 0.25) is 0 Å². The fourth-order valence-electron chi connectivity index (χ4n) is 2.82. The van der Waals surface area contributed by atoms with Crippen LogP contribution in [-0.2, 0) is 12.8 Å². The third kappa shape index (κ3) is 4.65. The van der Waals surface area contributed by atoms with Crippen LogP contribution in [0.25, 0.3) is 0 Å². The Labute approximate surface area is 129 Å². The molecule has 1 atom stereocenters. The molecule has 1 unspecified atom stereocenters. The first-order chi connectivity index (χ1) is 9.20. The molecule has 0 aromatic heterocycles. The molecule has 1 aromatic rings. The number of hydrogen-bond donors (Lipinski definition) is 1. The van der Waals surface area contributed by atoms with Crippen LogP contribution in [0.15, 0.2) is 18.2 Å². The van der Waals surface area contributed by atoms with Gasteiger partial charge in [-0.15, -0.1) is 12.4 Å². The van der Waals surface area contributed by atoms with E-state index in [4.69, 9.17) is 4.74 Å². The van der Waals surface area contributed by atoms with Gasteiger partial charge in [0.25, 0.3) is 0 Å². The number of nitrogens with zero attached hydrogens (tertiary/aromatic N) is 1. The lowest BCUT2D eigenvalue weighted by atomic mass is 9.87. The molecule has 1 aliphatic carbocycles. The second kappa shape index (κ2) is 8.50. The maximum Gasteiger partial charge on any atom is 0.122 e. The first-order valence-electron chi connectivity index (χ1n) is 7.23. The van der Waals surface area contributed by atoms with Gasteiger partial charge in [0, 0.05) is 6.04 Å². The molecule has 0 saturated heterocycles. The Kier molecular flexibility index (Phi) is 7.35. The Hall–Kier alpha value is -0.770. The van der Waals surface area contributed by atoms with Crippen LogP contribution in [0, 0.1) is 0 Å². The van der Waals surface area contributed by atoms with Gasteiger partial charge in [0.15, 0.2) is 0 Å². The summed E-state index contributed by atoms with van der Waals surface area (Å²) in [7, 11) is 6.02. The highest BCUT2D eigenvalue weighted by molar-refractivity contribution is 5.85. The van der Waals surface area contributed by atoms with Crippen molar-refractivity contribution < 1.29 is 4.74 Å². The van der Waals surface area contributed by atoms with E-state index in [1.165, 1.54) is 24.0 Å². The minimum Gasteiger partial charge on any atom is -0.496 e. The van der Waals surface area contributed by atoms with Crippen LogP contribution in [-0.4, -0.2) is 45.2 Å². The quantitative estimate of drug-likeness (QED) is 0.817. The number of halogens is 1. The molecule has 0 heterocycles. The zero-order valence-corrected chi connectivity index (χ0v) is 13.6. The molecule has 2 rings (SSSR count). The van der Waals surface area contributed by atoms with Crippen molar-refractivity contribution in [2.45, 2.75) is 31.7 Å². The third-order valence-electron chi connectivity index (χ3n) is 3.88. The van der Waals surface area contributed by atoms with Crippen LogP contribution >= 0.6 is 12.4 Å². The number of fused-ring (bicyclic) bond motifs is 1. The summed E-state index contributed by atoms with van der Waals surface area (Å²) in [6.07, 6.45) is 4.71. The zero-order valence-electron chi connectivity index (χ0n) is 12.8. The molecule has 114 valence electrons. The van der Waals surface area contributed by atoms with Gasteiger partial charge in [-0.25, -0.2) is 0 Å². The van der Waals surface area contributed by atoms with Gasteiger partial charge < -0.3 is 15.0 Å². The molecule has 0 fully saturated rings. The van der Waals surface area contributed by atoms with E-state index in [0.717, 1.165) is 31.7 Å². The highest BCUT2D eigenvalue weighted by Gasteiger charge is 2.20. The van der Waals surface area contributed by atoms with E-state index in [1.807, 2.05) is 0 Å². The van der Waals surface area contributed by atoms with Crippen molar-refractivity contribution in [1.82, 2.24) is 10.2 Å². The first-order valence-corrected chi connectivity index (χ1v) is 7.23. The Balaban J connectivity index is 0.00000200. The summed E-state index contributed by atoms with van der Waals surface area (Å²) >= 11 is 0. The molecule has 1 aromatic carbocycles. The van der Waals surface area contributed by atoms with Crippen molar-refractivity contribution in [1.29, 1.82) is 0 Å². The van der Waals surface area contributed by atoms with E-state index in [2.05, 4.69) is 42.5 Å². The average molecular weight is 299 g/mol. The van der Waals surface area contributed by atoms with Crippen molar-refractivity contribution in [2.75, 3.05) is 34.3 Å². The van der Waals surface area contributed by atoms with E-state index < -0.39 is 0 Å². The van der Waals surface area contributed by atoms with Crippen LogP contribution in [0.5, 0.6) is 5.75 Å². The van der Waals surface area contributed by atoms with E-state index in [-0.39, 0.29) is 12.4 Å². The van der Waals surface area contributed by atoms with Gasteiger partial charge in [-0.3, -0.25) is 0 Å². The maximum atomic E-state index is 5.48. The smallest absolute Gasteiger partial charge is 0.122 e. The lowest BCUT2D eigenvalue weighted by Crippen LogP contribution is -2.36. The second-order valence-corrected chi connectivity index (χ2v) is 5.65. The van der Waals surface area contributed by atoms with E-state index in [9.17, 15) is 0 Å². The van der Waals surface area contributed by atoms with Gasteiger partial charge >= 0.3 is 0 Å². The third-order valence-corrected chi connectivity index (χ3v) is 3.88. The molecular formula is C16H27ClN2O. The molecule has 3 nitrogen and oxygen atoms in total. The second-order valence-electron chi connectivity index (χ2n) is 5.65. The van der Waals surface area contributed by atoms with Crippen molar-refractivity contribution in [3.63, 3.8) is 0 Å². The molecular weight excluding hydrogens is 272 g/mol. The van der Waals surface area contributed by atoms with Gasteiger partial charge in [-0.1, -0.05) is 12.1 Å². The summed E-state index contributed by atoms with van der Waals surface area (Å²) < 4.78 is 5.48. The summed E-state index contributed by atoms with van der Waals surface area (Å²) in [5, 5.41) is 3.69. The number of benzene rings is 1. The van der Waals surface area contributed by atoms with Gasteiger partial charge in [-0.05, 0) is 70.1 Å². The maximum absolute atomic E-state index is 5.48. The van der Waals surface area contributed by atoms with Crippen LogP contribution in [0.4, 0.5) is 0 Å². The normalized spacial score (nSPS) is 17.5. The van der Waals surface area contributed by atoms with Crippen LogP contribution in [0.1, 0.15) is 24.0 Å². The Bertz CT molecular complexity index is 395. The number of hydrogen-bond acceptors (Lipinski definition) is 3. The summed E-state index contributed by atoms with van der Waals surface area (Å²) in [4.78, 5) is 2.24. The number of ether oxygens (including phenoxy) is 1. The van der Waals surface area contributed by atoms with Crippen molar-refractivity contribution in [3.05, 3.63) is 29.3 Å². The molecule has 20 heavy (non-hydrogen) atoms. The SMILES string of the molecule is COc1cccc2c1CC(NCCCN(C)C)CC2.Cl. The van der Waals surface area contributed by atoms with Crippen LogP contribution in [0.2, 0.25) is 0 Å². The van der Waals surface area contributed by atoms with Crippen LogP contribution in [0.3, 0.4) is 0 Å². The van der Waals surface area contributed by atoms with E-state index >= 15 is 0 Å². The topological polar surface area (TPSA) is 24.5 Å². The number of aryl methyl sites for hydroxylation is 1. The Morgan fingerprint density at radius 3 is 2.85 bits per heavy atom. The predicted octanol–water partition coefficient (Wildman–Crippen LogP) is 2.52. The lowest BCUT2D eigenvalue weighted by molar-refractivity contribution is 0.372. The highest BCUT2D eigenvalue weighted by atomic mass is 35.5. The van der Waals surface area contributed by atoms with Crippen LogP contribution < -0.4 is 10.1 Å². The molecule has 0 bridgehead atoms. The Morgan fingerprint density at radius 1 is 1.35 bits per heavy atom. The van der Waals surface area contributed by atoms with Gasteiger partial charge in [0.1, 0.15) is 5.75 Å². The summed E-state index contributed by atoms with van der Waals surface area (Å²) in [6, 6.07) is 7.02. The zero-order chi connectivity index (χ0) is 13.7. The fourth-order valence-corrected chi connectivity index (χ4v) is 2.82. The van der Waals surface area contributed by atoms with Gasteiger partial charge in [0.05, 0.1) is 7.11 Å².